The molecule has 0 unspecified atom stereocenters. The van der Waals surface area contributed by atoms with Crippen LogP contribution in [0.5, 0.6) is 0 Å². The molecule has 2 heteroatoms. The summed E-state index contributed by atoms with van der Waals surface area (Å²) in [6.45, 7) is 0. The van der Waals surface area contributed by atoms with Gasteiger partial charge < -0.3 is 4.57 Å². The fourth-order valence-corrected chi connectivity index (χ4v) is 9.15. The zero-order chi connectivity index (χ0) is 33.9. The van der Waals surface area contributed by atoms with Crippen LogP contribution in [-0.4, -0.2) is 4.57 Å². The van der Waals surface area contributed by atoms with Crippen LogP contribution in [0.2, 0.25) is 0 Å². The van der Waals surface area contributed by atoms with Crippen LogP contribution in [0.1, 0.15) is 22.3 Å². The van der Waals surface area contributed by atoms with Gasteiger partial charge in [-0.15, -0.1) is 0 Å². The Labute approximate surface area is 306 Å². The lowest BCUT2D eigenvalue weighted by molar-refractivity contribution is 0.768. The van der Waals surface area contributed by atoms with Gasteiger partial charge in [0.25, 0.3) is 0 Å². The van der Waals surface area contributed by atoms with Crippen LogP contribution >= 0.6 is 15.9 Å². The van der Waals surface area contributed by atoms with Gasteiger partial charge in [-0.2, -0.15) is 0 Å². The summed E-state index contributed by atoms with van der Waals surface area (Å²) in [6, 6.07) is 71.1. The smallest absolute Gasteiger partial charge is 0.0714 e. The van der Waals surface area contributed by atoms with Crippen molar-refractivity contribution in [2.75, 3.05) is 0 Å². The lowest BCUT2D eigenvalue weighted by atomic mass is 9.68. The van der Waals surface area contributed by atoms with Gasteiger partial charge in [0, 0.05) is 20.8 Å². The Bertz CT molecular complexity index is 2720. The average molecular weight is 715 g/mol. The van der Waals surface area contributed by atoms with Crippen LogP contribution in [0, 0.1) is 0 Å². The minimum Gasteiger partial charge on any atom is -0.309 e. The molecule has 9 aromatic rings. The molecule has 10 rings (SSSR count). The van der Waals surface area contributed by atoms with Crippen molar-refractivity contribution in [2.45, 2.75) is 5.41 Å². The molecule has 0 N–H and O–H groups in total. The Balaban J connectivity index is 1.23. The summed E-state index contributed by atoms with van der Waals surface area (Å²) in [5.74, 6) is 0. The largest absolute Gasteiger partial charge is 0.309 e. The SMILES string of the molecule is Brc1ccccc1-c1cccc(-c2ccc3c(c2)c2ccccc2n3-c2cccc3c2-c2ccccc2C3(c2ccccc2)c2ccccc2)c1. The lowest BCUT2D eigenvalue weighted by Gasteiger charge is -2.34. The van der Waals surface area contributed by atoms with E-state index in [0.717, 1.165) is 4.47 Å². The van der Waals surface area contributed by atoms with Gasteiger partial charge in [-0.25, -0.2) is 0 Å². The molecule has 1 nitrogen and oxygen atoms in total. The first-order chi connectivity index (χ1) is 25.2. The van der Waals surface area contributed by atoms with Gasteiger partial charge in [0.15, 0.2) is 0 Å². The molecule has 0 saturated carbocycles. The van der Waals surface area contributed by atoms with Crippen LogP contribution in [0.15, 0.2) is 199 Å². The van der Waals surface area contributed by atoms with Crippen LogP contribution in [-0.2, 0) is 5.41 Å². The maximum atomic E-state index is 3.76. The van der Waals surface area contributed by atoms with Crippen molar-refractivity contribution < 1.29 is 0 Å². The molecule has 0 fully saturated rings. The molecule has 0 amide bonds. The van der Waals surface area contributed by atoms with E-state index >= 15 is 0 Å². The van der Waals surface area contributed by atoms with E-state index in [2.05, 4.69) is 215 Å². The lowest BCUT2D eigenvalue weighted by Crippen LogP contribution is -2.28. The van der Waals surface area contributed by atoms with E-state index in [1.807, 2.05) is 0 Å². The third kappa shape index (κ3) is 4.46. The summed E-state index contributed by atoms with van der Waals surface area (Å²) < 4.78 is 3.59. The molecule has 0 spiro atoms. The first-order valence-corrected chi connectivity index (χ1v) is 18.3. The molecule has 1 aromatic heterocycles. The molecule has 0 bridgehead atoms. The van der Waals surface area contributed by atoms with E-state index in [1.54, 1.807) is 0 Å². The number of hydrogen-bond donors (Lipinski definition) is 0. The minimum atomic E-state index is -0.449. The van der Waals surface area contributed by atoms with E-state index < -0.39 is 5.41 Å². The molecule has 1 heterocycles. The Morgan fingerprint density at radius 3 is 1.76 bits per heavy atom. The minimum absolute atomic E-state index is 0.449. The normalized spacial score (nSPS) is 13.0. The van der Waals surface area contributed by atoms with E-state index in [0.29, 0.717) is 0 Å². The monoisotopic (exact) mass is 713 g/mol. The number of hydrogen-bond acceptors (Lipinski definition) is 0. The van der Waals surface area contributed by atoms with E-state index in [9.17, 15) is 0 Å². The highest BCUT2D eigenvalue weighted by Crippen LogP contribution is 2.58. The number of aromatic nitrogens is 1. The number of fused-ring (bicyclic) bond motifs is 6. The van der Waals surface area contributed by atoms with E-state index in [1.165, 1.54) is 83.1 Å². The highest BCUT2D eigenvalue weighted by Gasteiger charge is 2.47. The Morgan fingerprint density at radius 2 is 0.980 bits per heavy atom. The fraction of sp³-hybridized carbons (Fsp3) is 0.0204. The molecule has 1 aliphatic rings. The number of rotatable bonds is 5. The summed E-state index contributed by atoms with van der Waals surface area (Å²) in [6.07, 6.45) is 0. The van der Waals surface area contributed by atoms with Crippen LogP contribution in [0.3, 0.4) is 0 Å². The quantitative estimate of drug-likeness (QED) is 0.167. The van der Waals surface area contributed by atoms with Crippen molar-refractivity contribution in [1.82, 2.24) is 4.57 Å². The van der Waals surface area contributed by atoms with Gasteiger partial charge in [0.1, 0.15) is 0 Å². The maximum Gasteiger partial charge on any atom is 0.0714 e. The summed E-state index contributed by atoms with van der Waals surface area (Å²) in [5.41, 5.74) is 15.7. The Hall–Kier alpha value is -5.96. The molecule has 1 aliphatic carbocycles. The van der Waals surface area contributed by atoms with Gasteiger partial charge >= 0.3 is 0 Å². The van der Waals surface area contributed by atoms with Crippen molar-refractivity contribution in [3.63, 3.8) is 0 Å². The van der Waals surface area contributed by atoms with Gasteiger partial charge in [-0.3, -0.25) is 0 Å². The first-order valence-electron chi connectivity index (χ1n) is 17.5. The van der Waals surface area contributed by atoms with E-state index in [-0.39, 0.29) is 0 Å². The highest BCUT2D eigenvalue weighted by atomic mass is 79.9. The van der Waals surface area contributed by atoms with Crippen molar-refractivity contribution in [1.29, 1.82) is 0 Å². The summed E-state index contributed by atoms with van der Waals surface area (Å²) in [5, 5.41) is 2.49. The second-order valence-corrected chi connectivity index (χ2v) is 14.2. The number of para-hydroxylation sites is 1. The van der Waals surface area contributed by atoms with Crippen LogP contribution in [0.25, 0.3) is 60.9 Å². The van der Waals surface area contributed by atoms with Gasteiger partial charge in [-0.1, -0.05) is 174 Å². The fourth-order valence-electron chi connectivity index (χ4n) is 8.63. The summed E-state index contributed by atoms with van der Waals surface area (Å²) in [7, 11) is 0. The molecule has 8 aromatic carbocycles. The molecule has 0 atom stereocenters. The topological polar surface area (TPSA) is 4.93 Å². The van der Waals surface area contributed by atoms with Crippen molar-refractivity contribution in [3.8, 4) is 39.1 Å². The Kier molecular flexibility index (Phi) is 6.94. The number of benzene rings is 8. The second kappa shape index (κ2) is 11.8. The predicted molar refractivity (Wildman–Crippen MR) is 217 cm³/mol. The van der Waals surface area contributed by atoms with Gasteiger partial charge in [-0.05, 0) is 86.5 Å². The van der Waals surface area contributed by atoms with Crippen molar-refractivity contribution >= 4 is 37.7 Å². The zero-order valence-electron chi connectivity index (χ0n) is 27.8. The molecule has 0 radical (unpaired) electrons. The summed E-state index contributed by atoms with van der Waals surface area (Å²) >= 11 is 3.76. The standard InChI is InChI=1S/C49H32BrN/c50-44-26-11-8-21-38(44)35-16-13-15-33(31-35)34-29-30-46-41(32-34)39-22-9-12-27-45(39)51(46)47-28-14-25-43-48(47)40-23-7-10-24-42(40)49(43,36-17-3-1-4-18-36)37-19-5-2-6-20-37/h1-32H. The molecule has 0 saturated heterocycles. The Morgan fingerprint density at radius 1 is 0.392 bits per heavy atom. The highest BCUT2D eigenvalue weighted by molar-refractivity contribution is 9.10. The van der Waals surface area contributed by atoms with Crippen molar-refractivity contribution in [3.05, 3.63) is 221 Å². The molecule has 0 aliphatic heterocycles. The van der Waals surface area contributed by atoms with Gasteiger partial charge in [0.05, 0.1) is 22.1 Å². The molecular weight excluding hydrogens is 682 g/mol. The third-order valence-corrected chi connectivity index (χ3v) is 11.4. The number of halogens is 1. The number of nitrogens with zero attached hydrogens (tertiary/aromatic N) is 1. The first kappa shape index (κ1) is 29.9. The predicted octanol–water partition coefficient (Wildman–Crippen LogP) is 13.2. The zero-order valence-corrected chi connectivity index (χ0v) is 29.4. The average Bonchev–Trinajstić information content (AvgIpc) is 3.69. The second-order valence-electron chi connectivity index (χ2n) is 13.4. The molecule has 51 heavy (non-hydrogen) atoms. The summed E-state index contributed by atoms with van der Waals surface area (Å²) in [4.78, 5) is 0. The van der Waals surface area contributed by atoms with Crippen LogP contribution < -0.4 is 0 Å². The van der Waals surface area contributed by atoms with Crippen LogP contribution in [0.4, 0.5) is 0 Å². The van der Waals surface area contributed by atoms with E-state index in [4.69, 9.17) is 0 Å². The van der Waals surface area contributed by atoms with Crippen molar-refractivity contribution in [2.24, 2.45) is 0 Å². The third-order valence-electron chi connectivity index (χ3n) is 10.8. The maximum absolute atomic E-state index is 3.76. The molecular formula is C49H32BrN. The molecule has 240 valence electrons. The van der Waals surface area contributed by atoms with Gasteiger partial charge in [0.2, 0.25) is 0 Å².